The highest BCUT2D eigenvalue weighted by Crippen LogP contribution is 2.31. The monoisotopic (exact) mass is 328 g/mol. The quantitative estimate of drug-likeness (QED) is 0.877. The van der Waals surface area contributed by atoms with E-state index in [4.69, 9.17) is 0 Å². The minimum atomic E-state index is -0.278. The Morgan fingerprint density at radius 1 is 1.22 bits per heavy atom. The van der Waals surface area contributed by atoms with Gasteiger partial charge in [0.15, 0.2) is 0 Å². The maximum atomic E-state index is 12.2. The van der Waals surface area contributed by atoms with Crippen molar-refractivity contribution in [3.05, 3.63) is 64.1 Å². The van der Waals surface area contributed by atoms with Crippen molar-refractivity contribution >= 4 is 23.4 Å². The van der Waals surface area contributed by atoms with Crippen LogP contribution in [0.4, 0.5) is 5.69 Å². The smallest absolute Gasteiger partial charge is 0.255 e. The fraction of sp³-hybridized carbons (Fsp3) is 0.333. The maximum absolute atomic E-state index is 12.2. The Bertz CT molecular complexity index is 736. The maximum Gasteiger partial charge on any atom is 0.255 e. The lowest BCUT2D eigenvalue weighted by atomic mass is 10.2. The Morgan fingerprint density at radius 3 is 2.83 bits per heavy atom. The second-order valence-corrected chi connectivity index (χ2v) is 7.10. The second kappa shape index (κ2) is 7.51. The fourth-order valence-corrected chi connectivity index (χ4v) is 4.07. The molecule has 23 heavy (non-hydrogen) atoms. The number of anilines is 1. The van der Waals surface area contributed by atoms with Gasteiger partial charge in [-0.2, -0.15) is 11.8 Å². The van der Waals surface area contributed by atoms with Crippen molar-refractivity contribution < 1.29 is 4.79 Å². The molecule has 1 heterocycles. The van der Waals surface area contributed by atoms with Gasteiger partial charge in [0.05, 0.1) is 0 Å². The van der Waals surface area contributed by atoms with E-state index >= 15 is 0 Å². The molecule has 1 saturated carbocycles. The van der Waals surface area contributed by atoms with E-state index in [2.05, 4.69) is 16.4 Å². The highest BCUT2D eigenvalue weighted by atomic mass is 32.2. The number of hydrogen-bond acceptors (Lipinski definition) is 3. The Morgan fingerprint density at radius 2 is 2.04 bits per heavy atom. The SMILES string of the molecule is O=C(Nc1cccc(CSC2CCCC2)c1)c1cc[nH]c(=O)c1. The van der Waals surface area contributed by atoms with Crippen LogP contribution >= 0.6 is 11.8 Å². The van der Waals surface area contributed by atoms with E-state index < -0.39 is 0 Å². The van der Waals surface area contributed by atoms with Crippen LogP contribution in [0.3, 0.4) is 0 Å². The molecule has 1 amide bonds. The van der Waals surface area contributed by atoms with Crippen LogP contribution in [0.15, 0.2) is 47.4 Å². The zero-order valence-corrected chi connectivity index (χ0v) is 13.7. The third-order valence-corrected chi connectivity index (χ3v) is 5.45. The number of H-pyrrole nitrogens is 1. The molecule has 1 aromatic heterocycles. The topological polar surface area (TPSA) is 62.0 Å². The van der Waals surface area contributed by atoms with Crippen LogP contribution in [0.2, 0.25) is 0 Å². The summed E-state index contributed by atoms with van der Waals surface area (Å²) >= 11 is 2.00. The van der Waals surface area contributed by atoms with Crippen LogP contribution in [-0.2, 0) is 5.75 Å². The van der Waals surface area contributed by atoms with Crippen molar-refractivity contribution in [3.63, 3.8) is 0 Å². The van der Waals surface area contributed by atoms with Crippen LogP contribution in [-0.4, -0.2) is 16.1 Å². The molecule has 2 N–H and O–H groups in total. The lowest BCUT2D eigenvalue weighted by Crippen LogP contribution is -2.15. The van der Waals surface area contributed by atoms with Crippen molar-refractivity contribution in [2.45, 2.75) is 36.7 Å². The molecular formula is C18H20N2O2S. The number of pyridine rings is 1. The molecule has 0 atom stereocenters. The summed E-state index contributed by atoms with van der Waals surface area (Å²) in [5.41, 5.74) is 2.06. The third kappa shape index (κ3) is 4.48. The zero-order valence-electron chi connectivity index (χ0n) is 12.9. The number of thioether (sulfide) groups is 1. The van der Waals surface area contributed by atoms with Crippen molar-refractivity contribution in [1.29, 1.82) is 0 Å². The van der Waals surface area contributed by atoms with E-state index in [1.165, 1.54) is 43.5 Å². The summed E-state index contributed by atoms with van der Waals surface area (Å²) in [4.78, 5) is 26.0. The van der Waals surface area contributed by atoms with Crippen LogP contribution in [0.25, 0.3) is 0 Å². The summed E-state index contributed by atoms with van der Waals surface area (Å²) in [7, 11) is 0. The lowest BCUT2D eigenvalue weighted by Gasteiger charge is -2.10. The van der Waals surface area contributed by atoms with Crippen LogP contribution in [0.1, 0.15) is 41.6 Å². The first kappa shape index (κ1) is 15.9. The summed E-state index contributed by atoms with van der Waals surface area (Å²) in [5, 5.41) is 3.63. The first-order valence-electron chi connectivity index (χ1n) is 7.91. The van der Waals surface area contributed by atoms with Crippen LogP contribution in [0.5, 0.6) is 0 Å². The molecule has 3 rings (SSSR count). The molecule has 5 heteroatoms. The molecular weight excluding hydrogens is 308 g/mol. The summed E-state index contributed by atoms with van der Waals surface area (Å²) in [6.45, 7) is 0. The predicted molar refractivity (Wildman–Crippen MR) is 95.0 cm³/mol. The van der Waals surface area contributed by atoms with Crippen molar-refractivity contribution in [1.82, 2.24) is 4.98 Å². The van der Waals surface area contributed by atoms with Crippen LogP contribution < -0.4 is 10.9 Å². The minimum Gasteiger partial charge on any atom is -0.329 e. The first-order chi connectivity index (χ1) is 11.2. The highest BCUT2D eigenvalue weighted by molar-refractivity contribution is 7.99. The lowest BCUT2D eigenvalue weighted by molar-refractivity contribution is 0.102. The van der Waals surface area contributed by atoms with Gasteiger partial charge in [0.25, 0.3) is 5.91 Å². The molecule has 1 fully saturated rings. The summed E-state index contributed by atoms with van der Waals surface area (Å²) in [5.74, 6) is 0.705. The van der Waals surface area contributed by atoms with E-state index in [1.807, 2.05) is 30.0 Å². The van der Waals surface area contributed by atoms with Crippen molar-refractivity contribution in [3.8, 4) is 0 Å². The van der Waals surface area contributed by atoms with E-state index in [-0.39, 0.29) is 11.5 Å². The largest absolute Gasteiger partial charge is 0.329 e. The normalized spacial score (nSPS) is 14.8. The Hall–Kier alpha value is -2.01. The van der Waals surface area contributed by atoms with Gasteiger partial charge in [0.2, 0.25) is 5.56 Å². The highest BCUT2D eigenvalue weighted by Gasteiger charge is 2.15. The number of amides is 1. The standard InChI is InChI=1S/C18H20N2O2S/c21-17-11-14(8-9-19-17)18(22)20-15-5-3-4-13(10-15)12-23-16-6-1-2-7-16/h3-5,8-11,16H,1-2,6-7,12H2,(H,19,21)(H,20,22). The molecule has 1 aromatic carbocycles. The third-order valence-electron chi connectivity index (χ3n) is 4.01. The summed E-state index contributed by atoms with van der Waals surface area (Å²) in [6, 6.07) is 10.8. The van der Waals surface area contributed by atoms with Gasteiger partial charge >= 0.3 is 0 Å². The molecule has 0 aliphatic heterocycles. The van der Waals surface area contributed by atoms with Crippen molar-refractivity contribution in [2.24, 2.45) is 0 Å². The van der Waals surface area contributed by atoms with Gasteiger partial charge in [0.1, 0.15) is 0 Å². The minimum absolute atomic E-state index is 0.267. The van der Waals surface area contributed by atoms with E-state index in [0.29, 0.717) is 5.56 Å². The average molecular weight is 328 g/mol. The molecule has 0 radical (unpaired) electrons. The molecule has 0 spiro atoms. The van der Waals surface area contributed by atoms with Gasteiger partial charge in [-0.15, -0.1) is 0 Å². The van der Waals surface area contributed by atoms with E-state index in [9.17, 15) is 9.59 Å². The van der Waals surface area contributed by atoms with Gasteiger partial charge in [-0.25, -0.2) is 0 Å². The molecule has 120 valence electrons. The van der Waals surface area contributed by atoms with E-state index in [0.717, 1.165) is 16.7 Å². The molecule has 1 aliphatic carbocycles. The van der Waals surface area contributed by atoms with Crippen molar-refractivity contribution in [2.75, 3.05) is 5.32 Å². The van der Waals surface area contributed by atoms with Gasteiger partial charge in [-0.3, -0.25) is 9.59 Å². The number of carbonyl (C=O) groups is 1. The summed E-state index contributed by atoms with van der Waals surface area (Å²) in [6.07, 6.45) is 6.83. The number of carbonyl (C=O) groups excluding carboxylic acids is 1. The average Bonchev–Trinajstić information content (AvgIpc) is 3.07. The number of benzene rings is 1. The van der Waals surface area contributed by atoms with Gasteiger partial charge in [-0.1, -0.05) is 25.0 Å². The molecule has 1 aliphatic rings. The molecule has 0 saturated heterocycles. The molecule has 4 nitrogen and oxygen atoms in total. The molecule has 0 bridgehead atoms. The predicted octanol–water partition coefficient (Wildman–Crippen LogP) is 3.80. The fourth-order valence-electron chi connectivity index (χ4n) is 2.80. The van der Waals surface area contributed by atoms with Gasteiger partial charge < -0.3 is 10.3 Å². The number of nitrogens with one attached hydrogen (secondary N) is 2. The molecule has 2 aromatic rings. The number of hydrogen-bond donors (Lipinski definition) is 2. The number of rotatable bonds is 5. The number of aromatic nitrogens is 1. The Labute approximate surface area is 139 Å². The Balaban J connectivity index is 1.62. The first-order valence-corrected chi connectivity index (χ1v) is 8.96. The summed E-state index contributed by atoms with van der Waals surface area (Å²) < 4.78 is 0. The number of aromatic amines is 1. The molecule has 0 unspecified atom stereocenters. The van der Waals surface area contributed by atoms with Crippen LogP contribution in [0, 0.1) is 0 Å². The van der Waals surface area contributed by atoms with Gasteiger partial charge in [-0.05, 0) is 36.6 Å². The Kier molecular flexibility index (Phi) is 5.18. The van der Waals surface area contributed by atoms with Gasteiger partial charge in [0, 0.05) is 34.5 Å². The second-order valence-electron chi connectivity index (χ2n) is 5.81. The van der Waals surface area contributed by atoms with E-state index in [1.54, 1.807) is 6.07 Å². The zero-order chi connectivity index (χ0) is 16.1.